The second-order valence-corrected chi connectivity index (χ2v) is 3.23. The van der Waals surface area contributed by atoms with Crippen molar-refractivity contribution >= 4 is 17.4 Å². The zero-order chi connectivity index (χ0) is 6.97. The Morgan fingerprint density at radius 1 is 1.70 bits per heavy atom. The molecule has 0 bridgehead atoms. The molecule has 2 nitrogen and oxygen atoms in total. The highest BCUT2D eigenvalue weighted by Crippen LogP contribution is 2.34. The largest absolute Gasteiger partial charge is 0.363 e. The maximum atomic E-state index is 4.23. The number of aromatic nitrogens is 1. The average Bonchev–Trinajstić information content (AvgIpc) is 2.34. The van der Waals surface area contributed by atoms with Crippen molar-refractivity contribution in [2.75, 3.05) is 17.8 Å². The van der Waals surface area contributed by atoms with Crippen LogP contribution in [-0.2, 0) is 0 Å². The molecule has 0 radical (unpaired) electrons. The molecule has 52 valence electrons. The van der Waals surface area contributed by atoms with Gasteiger partial charge >= 0.3 is 0 Å². The fourth-order valence-electron chi connectivity index (χ4n) is 1.01. The quantitative estimate of drug-likeness (QED) is 0.561. The molecule has 1 aliphatic heterocycles. The van der Waals surface area contributed by atoms with Crippen molar-refractivity contribution in [3.05, 3.63) is 18.3 Å². The van der Waals surface area contributed by atoms with E-state index in [9.17, 15) is 0 Å². The lowest BCUT2D eigenvalue weighted by Crippen LogP contribution is -2.10. The van der Waals surface area contributed by atoms with Crippen molar-refractivity contribution in [1.29, 1.82) is 0 Å². The summed E-state index contributed by atoms with van der Waals surface area (Å²) in [6, 6.07) is 4.07. The second kappa shape index (κ2) is 2.16. The fraction of sp³-hybridized carbons (Fsp3) is 0.286. The molecule has 0 unspecified atom stereocenters. The highest BCUT2D eigenvalue weighted by Gasteiger charge is 2.15. The number of fused-ring (bicyclic) bond motifs is 1. The van der Waals surface area contributed by atoms with Crippen LogP contribution >= 0.6 is 11.8 Å². The van der Waals surface area contributed by atoms with Crippen LogP contribution in [0.15, 0.2) is 23.4 Å². The summed E-state index contributed by atoms with van der Waals surface area (Å²) in [5, 5.41) is 1.16. The highest BCUT2D eigenvalue weighted by atomic mass is 32.2. The summed E-state index contributed by atoms with van der Waals surface area (Å²) in [5.74, 6) is 1.03. The third-order valence-corrected chi connectivity index (χ3v) is 2.66. The minimum Gasteiger partial charge on any atom is -0.363 e. The van der Waals surface area contributed by atoms with E-state index >= 15 is 0 Å². The van der Waals surface area contributed by atoms with E-state index in [0.717, 1.165) is 10.9 Å². The molecule has 3 heteroatoms. The summed E-state index contributed by atoms with van der Waals surface area (Å²) >= 11 is 1.79. The second-order valence-electron chi connectivity index (χ2n) is 2.30. The van der Waals surface area contributed by atoms with E-state index in [1.807, 2.05) is 12.3 Å². The molecule has 0 N–H and O–H groups in total. The zero-order valence-electron chi connectivity index (χ0n) is 5.74. The van der Waals surface area contributed by atoms with Crippen molar-refractivity contribution in [1.82, 2.24) is 4.98 Å². The minimum atomic E-state index is 1.03. The molecule has 1 aromatic rings. The molecule has 2 rings (SSSR count). The van der Waals surface area contributed by atoms with Gasteiger partial charge in [-0.1, -0.05) is 11.8 Å². The summed E-state index contributed by atoms with van der Waals surface area (Å²) in [5.41, 5.74) is 1.26. The molecule has 2 heterocycles. The number of nitrogens with zero attached hydrogens (tertiary/aromatic N) is 2. The van der Waals surface area contributed by atoms with Crippen molar-refractivity contribution in [3.8, 4) is 0 Å². The molecule has 0 atom stereocenters. The lowest BCUT2D eigenvalue weighted by molar-refractivity contribution is 1.06. The maximum absolute atomic E-state index is 4.23. The number of hydrogen-bond acceptors (Lipinski definition) is 3. The monoisotopic (exact) mass is 152 g/mol. The normalized spacial score (nSPS) is 15.5. The highest BCUT2D eigenvalue weighted by molar-refractivity contribution is 7.99. The van der Waals surface area contributed by atoms with Crippen LogP contribution in [0.25, 0.3) is 0 Å². The molecule has 0 aliphatic carbocycles. The Labute approximate surface area is 64.3 Å². The number of anilines is 1. The summed E-state index contributed by atoms with van der Waals surface area (Å²) in [6.45, 7) is 0. The van der Waals surface area contributed by atoms with Crippen LogP contribution in [0.5, 0.6) is 0 Å². The van der Waals surface area contributed by atoms with Gasteiger partial charge in [-0.05, 0) is 12.1 Å². The molecule has 0 saturated heterocycles. The van der Waals surface area contributed by atoms with E-state index < -0.39 is 0 Å². The first-order chi connectivity index (χ1) is 4.88. The lowest BCUT2D eigenvalue weighted by atomic mass is 10.4. The van der Waals surface area contributed by atoms with Crippen molar-refractivity contribution < 1.29 is 0 Å². The number of thioether (sulfide) groups is 1. The predicted octanol–water partition coefficient (Wildman–Crippen LogP) is 1.58. The third kappa shape index (κ3) is 0.778. The Balaban J connectivity index is 2.51. The first-order valence-corrected chi connectivity index (χ1v) is 4.15. The summed E-state index contributed by atoms with van der Waals surface area (Å²) in [7, 11) is 2.08. The van der Waals surface area contributed by atoms with Gasteiger partial charge in [0.05, 0.1) is 11.6 Å². The number of hydrogen-bond donors (Lipinski definition) is 0. The van der Waals surface area contributed by atoms with E-state index in [4.69, 9.17) is 0 Å². The minimum absolute atomic E-state index is 1.03. The van der Waals surface area contributed by atoms with Crippen LogP contribution in [-0.4, -0.2) is 17.9 Å². The zero-order valence-corrected chi connectivity index (χ0v) is 6.56. The van der Waals surface area contributed by atoms with Gasteiger partial charge in [-0.25, -0.2) is 4.98 Å². The first-order valence-electron chi connectivity index (χ1n) is 3.17. The van der Waals surface area contributed by atoms with Gasteiger partial charge in [-0.15, -0.1) is 0 Å². The Bertz CT molecular complexity index is 249. The average molecular weight is 152 g/mol. The molecule has 1 aromatic heterocycles. The van der Waals surface area contributed by atoms with E-state index in [-0.39, 0.29) is 0 Å². The fourth-order valence-corrected chi connectivity index (χ4v) is 1.97. The molecule has 0 saturated carbocycles. The van der Waals surface area contributed by atoms with E-state index in [1.165, 1.54) is 5.69 Å². The van der Waals surface area contributed by atoms with Gasteiger partial charge < -0.3 is 4.90 Å². The standard InChI is InChI=1S/C7H8N2S/c1-9-5-10-7-6(9)3-2-4-8-7/h2-4H,5H2,1H3. The lowest BCUT2D eigenvalue weighted by Gasteiger charge is -2.08. The Kier molecular flexibility index (Phi) is 1.31. The van der Waals surface area contributed by atoms with E-state index in [0.29, 0.717) is 0 Å². The van der Waals surface area contributed by atoms with Gasteiger partial charge in [0, 0.05) is 13.2 Å². The predicted molar refractivity (Wildman–Crippen MR) is 43.4 cm³/mol. The van der Waals surface area contributed by atoms with Crippen molar-refractivity contribution in [3.63, 3.8) is 0 Å². The van der Waals surface area contributed by atoms with Crippen LogP contribution in [0.1, 0.15) is 0 Å². The number of pyridine rings is 1. The van der Waals surface area contributed by atoms with Gasteiger partial charge in [0.2, 0.25) is 0 Å². The SMILES string of the molecule is CN1CSc2ncccc21. The molecular formula is C7H8N2S. The van der Waals surface area contributed by atoms with Gasteiger partial charge in [0.15, 0.2) is 0 Å². The van der Waals surface area contributed by atoms with Gasteiger partial charge in [-0.3, -0.25) is 0 Å². The molecular weight excluding hydrogens is 144 g/mol. The molecule has 1 aliphatic rings. The molecule has 0 aromatic carbocycles. The number of rotatable bonds is 0. The molecule has 10 heavy (non-hydrogen) atoms. The summed E-state index contributed by atoms with van der Waals surface area (Å²) < 4.78 is 0. The van der Waals surface area contributed by atoms with Gasteiger partial charge in [0.25, 0.3) is 0 Å². The van der Waals surface area contributed by atoms with Crippen molar-refractivity contribution in [2.24, 2.45) is 0 Å². The van der Waals surface area contributed by atoms with Crippen LogP contribution in [0.4, 0.5) is 5.69 Å². The first kappa shape index (κ1) is 6.04. The molecule has 0 fully saturated rings. The van der Waals surface area contributed by atoms with E-state index in [2.05, 4.69) is 23.0 Å². The van der Waals surface area contributed by atoms with Crippen LogP contribution in [0.2, 0.25) is 0 Å². The van der Waals surface area contributed by atoms with Crippen LogP contribution < -0.4 is 4.90 Å². The summed E-state index contributed by atoms with van der Waals surface area (Å²) in [4.78, 5) is 6.43. The summed E-state index contributed by atoms with van der Waals surface area (Å²) in [6.07, 6.45) is 1.84. The maximum Gasteiger partial charge on any atom is 0.121 e. The Morgan fingerprint density at radius 3 is 3.40 bits per heavy atom. The van der Waals surface area contributed by atoms with Gasteiger partial charge in [0.1, 0.15) is 5.03 Å². The van der Waals surface area contributed by atoms with Crippen LogP contribution in [0, 0.1) is 0 Å². The molecule has 0 spiro atoms. The Hall–Kier alpha value is -0.700. The van der Waals surface area contributed by atoms with Gasteiger partial charge in [-0.2, -0.15) is 0 Å². The topological polar surface area (TPSA) is 16.1 Å². The van der Waals surface area contributed by atoms with E-state index in [1.54, 1.807) is 11.8 Å². The van der Waals surface area contributed by atoms with Crippen LogP contribution in [0.3, 0.4) is 0 Å². The third-order valence-electron chi connectivity index (χ3n) is 1.56. The Morgan fingerprint density at radius 2 is 2.60 bits per heavy atom. The van der Waals surface area contributed by atoms with Crippen molar-refractivity contribution in [2.45, 2.75) is 5.03 Å². The smallest absolute Gasteiger partial charge is 0.121 e. The molecule has 0 amide bonds.